The standard InChI is InChI=1S/C28H34N2O2S/c1-19-13-14-20(2)23(17-19)18-30-24-11-7-8-12-25(24)33-26(28(30)32)21(3)27(31)29-16-15-22-9-5-4-6-10-22/h7-9,11-14,17,21,26H,4-6,10,15-16,18H2,1-3H3,(H,29,31)/t21-,26+/m0/s1. The second-order valence-electron chi connectivity index (χ2n) is 9.30. The van der Waals surface area contributed by atoms with Crippen LogP contribution in [0.4, 0.5) is 5.69 Å². The molecule has 0 saturated heterocycles. The summed E-state index contributed by atoms with van der Waals surface area (Å²) in [5.74, 6) is -0.433. The van der Waals surface area contributed by atoms with Crippen molar-refractivity contribution in [3.8, 4) is 0 Å². The van der Waals surface area contributed by atoms with E-state index < -0.39 is 11.2 Å². The molecule has 5 heteroatoms. The molecule has 174 valence electrons. The number of aryl methyl sites for hydroxylation is 2. The molecule has 0 fully saturated rings. The number of allylic oxidation sites excluding steroid dienone is 1. The Morgan fingerprint density at radius 1 is 1.18 bits per heavy atom. The summed E-state index contributed by atoms with van der Waals surface area (Å²) in [5, 5.41) is 2.66. The molecule has 2 aromatic carbocycles. The highest BCUT2D eigenvalue weighted by molar-refractivity contribution is 8.01. The van der Waals surface area contributed by atoms with Crippen molar-refractivity contribution in [1.29, 1.82) is 0 Å². The number of nitrogens with zero attached hydrogens (tertiary/aromatic N) is 1. The first-order valence-electron chi connectivity index (χ1n) is 12.0. The predicted molar refractivity (Wildman–Crippen MR) is 137 cm³/mol. The van der Waals surface area contributed by atoms with Crippen LogP contribution in [0.15, 0.2) is 59.0 Å². The number of nitrogens with one attached hydrogen (secondary N) is 1. The first-order valence-corrected chi connectivity index (χ1v) is 12.9. The van der Waals surface area contributed by atoms with Gasteiger partial charge < -0.3 is 10.2 Å². The maximum Gasteiger partial charge on any atom is 0.241 e. The molecule has 0 bridgehead atoms. The normalized spacial score (nSPS) is 19.0. The lowest BCUT2D eigenvalue weighted by Crippen LogP contribution is -2.47. The lowest BCUT2D eigenvalue weighted by molar-refractivity contribution is -0.128. The smallest absolute Gasteiger partial charge is 0.241 e. The topological polar surface area (TPSA) is 49.4 Å². The van der Waals surface area contributed by atoms with Gasteiger partial charge in [0.15, 0.2) is 0 Å². The minimum atomic E-state index is -0.432. The maximum absolute atomic E-state index is 13.7. The number of rotatable bonds is 7. The molecule has 0 radical (unpaired) electrons. The second-order valence-corrected chi connectivity index (χ2v) is 10.5. The van der Waals surface area contributed by atoms with Crippen molar-refractivity contribution < 1.29 is 9.59 Å². The van der Waals surface area contributed by atoms with Crippen LogP contribution >= 0.6 is 11.8 Å². The van der Waals surface area contributed by atoms with Crippen LogP contribution in [0.1, 0.15) is 55.7 Å². The van der Waals surface area contributed by atoms with E-state index in [0.717, 1.165) is 35.4 Å². The number of para-hydroxylation sites is 1. The van der Waals surface area contributed by atoms with Gasteiger partial charge in [-0.15, -0.1) is 11.8 Å². The van der Waals surface area contributed by atoms with Crippen LogP contribution in [0.2, 0.25) is 0 Å². The molecule has 1 heterocycles. The molecule has 0 saturated carbocycles. The number of hydrogen-bond acceptors (Lipinski definition) is 3. The van der Waals surface area contributed by atoms with E-state index >= 15 is 0 Å². The number of anilines is 1. The molecule has 0 unspecified atom stereocenters. The zero-order chi connectivity index (χ0) is 23.4. The fraction of sp³-hybridized carbons (Fsp3) is 0.429. The fourth-order valence-electron chi connectivity index (χ4n) is 4.64. The van der Waals surface area contributed by atoms with Gasteiger partial charge in [-0.25, -0.2) is 0 Å². The van der Waals surface area contributed by atoms with Gasteiger partial charge in [0.05, 0.1) is 18.2 Å². The highest BCUT2D eigenvalue weighted by atomic mass is 32.2. The van der Waals surface area contributed by atoms with Crippen molar-refractivity contribution in [3.05, 3.63) is 70.8 Å². The van der Waals surface area contributed by atoms with Gasteiger partial charge in [-0.2, -0.15) is 0 Å². The lowest BCUT2D eigenvalue weighted by Gasteiger charge is -2.36. The maximum atomic E-state index is 13.7. The average Bonchev–Trinajstić information content (AvgIpc) is 2.83. The van der Waals surface area contributed by atoms with Crippen LogP contribution in [-0.2, 0) is 16.1 Å². The monoisotopic (exact) mass is 462 g/mol. The molecule has 2 aliphatic rings. The van der Waals surface area contributed by atoms with E-state index in [0.29, 0.717) is 13.1 Å². The Kier molecular flexibility index (Phi) is 7.59. The molecule has 4 nitrogen and oxygen atoms in total. The quantitative estimate of drug-likeness (QED) is 0.517. The van der Waals surface area contributed by atoms with Gasteiger partial charge in [0.1, 0.15) is 5.25 Å². The largest absolute Gasteiger partial charge is 0.356 e. The van der Waals surface area contributed by atoms with Gasteiger partial charge >= 0.3 is 0 Å². The van der Waals surface area contributed by atoms with Crippen molar-refractivity contribution in [2.75, 3.05) is 11.4 Å². The molecule has 1 aliphatic heterocycles. The van der Waals surface area contributed by atoms with E-state index in [-0.39, 0.29) is 11.8 Å². The Morgan fingerprint density at radius 3 is 2.79 bits per heavy atom. The molecule has 2 amide bonds. The Balaban J connectivity index is 1.49. The third-order valence-corrected chi connectivity index (χ3v) is 8.21. The van der Waals surface area contributed by atoms with Crippen LogP contribution < -0.4 is 10.2 Å². The van der Waals surface area contributed by atoms with E-state index in [1.54, 1.807) is 0 Å². The van der Waals surface area contributed by atoms with Crippen LogP contribution in [0.5, 0.6) is 0 Å². The third-order valence-electron chi connectivity index (χ3n) is 6.75. The van der Waals surface area contributed by atoms with Crippen molar-refractivity contribution >= 4 is 29.3 Å². The number of carbonyl (C=O) groups excluding carboxylic acids is 2. The summed E-state index contributed by atoms with van der Waals surface area (Å²) in [5.41, 5.74) is 5.87. The molecule has 1 aliphatic carbocycles. The summed E-state index contributed by atoms with van der Waals surface area (Å²) in [6, 6.07) is 14.4. The number of hydrogen-bond donors (Lipinski definition) is 1. The van der Waals surface area contributed by atoms with Gasteiger partial charge in [-0.05, 0) is 69.2 Å². The van der Waals surface area contributed by atoms with E-state index in [4.69, 9.17) is 0 Å². The van der Waals surface area contributed by atoms with Crippen molar-refractivity contribution in [1.82, 2.24) is 5.32 Å². The van der Waals surface area contributed by atoms with Gasteiger partial charge in [0, 0.05) is 11.4 Å². The van der Waals surface area contributed by atoms with Crippen molar-refractivity contribution in [2.45, 2.75) is 69.6 Å². The zero-order valence-corrected chi connectivity index (χ0v) is 20.7. The molecule has 0 spiro atoms. The molecule has 2 atom stereocenters. The second kappa shape index (κ2) is 10.6. The minimum absolute atomic E-state index is 0.0113. The van der Waals surface area contributed by atoms with Gasteiger partial charge in [-0.3, -0.25) is 9.59 Å². The van der Waals surface area contributed by atoms with E-state index in [2.05, 4.69) is 49.5 Å². The van der Waals surface area contributed by atoms with Gasteiger partial charge in [0.25, 0.3) is 0 Å². The Bertz CT molecular complexity index is 1060. The lowest BCUT2D eigenvalue weighted by atomic mass is 9.97. The van der Waals surface area contributed by atoms with Gasteiger partial charge in [-0.1, -0.05) is 54.5 Å². The molecule has 4 rings (SSSR count). The van der Waals surface area contributed by atoms with Crippen LogP contribution in [-0.4, -0.2) is 23.6 Å². The summed E-state index contributed by atoms with van der Waals surface area (Å²) in [4.78, 5) is 29.6. The van der Waals surface area contributed by atoms with Crippen LogP contribution in [0.25, 0.3) is 0 Å². The van der Waals surface area contributed by atoms with Crippen LogP contribution in [0.3, 0.4) is 0 Å². The first-order chi connectivity index (χ1) is 15.9. The van der Waals surface area contributed by atoms with E-state index in [9.17, 15) is 9.59 Å². The number of fused-ring (bicyclic) bond motifs is 1. The Morgan fingerprint density at radius 2 is 2.00 bits per heavy atom. The first kappa shape index (κ1) is 23.6. The molecule has 33 heavy (non-hydrogen) atoms. The summed E-state index contributed by atoms with van der Waals surface area (Å²) in [6.45, 7) is 7.20. The Labute approximate surface area is 201 Å². The van der Waals surface area contributed by atoms with E-state index in [1.165, 1.54) is 41.3 Å². The molecule has 2 aromatic rings. The number of thioether (sulfide) groups is 1. The fourth-order valence-corrected chi connectivity index (χ4v) is 5.92. The summed E-state index contributed by atoms with van der Waals surface area (Å²) >= 11 is 1.52. The summed E-state index contributed by atoms with van der Waals surface area (Å²) in [6.07, 6.45) is 8.05. The average molecular weight is 463 g/mol. The number of carbonyl (C=O) groups is 2. The third kappa shape index (κ3) is 5.52. The number of benzene rings is 2. The minimum Gasteiger partial charge on any atom is -0.356 e. The summed E-state index contributed by atoms with van der Waals surface area (Å²) in [7, 11) is 0. The Hall–Kier alpha value is -2.53. The summed E-state index contributed by atoms with van der Waals surface area (Å²) < 4.78 is 0. The zero-order valence-electron chi connectivity index (χ0n) is 19.9. The molecule has 1 N–H and O–H groups in total. The molecular weight excluding hydrogens is 428 g/mol. The predicted octanol–water partition coefficient (Wildman–Crippen LogP) is 5.95. The van der Waals surface area contributed by atoms with Crippen LogP contribution in [0, 0.1) is 19.8 Å². The van der Waals surface area contributed by atoms with Crippen molar-refractivity contribution in [2.24, 2.45) is 5.92 Å². The van der Waals surface area contributed by atoms with Crippen molar-refractivity contribution in [3.63, 3.8) is 0 Å². The highest BCUT2D eigenvalue weighted by Crippen LogP contribution is 2.42. The molecule has 0 aromatic heterocycles. The highest BCUT2D eigenvalue weighted by Gasteiger charge is 2.39. The van der Waals surface area contributed by atoms with E-state index in [1.807, 2.05) is 30.0 Å². The van der Waals surface area contributed by atoms with Gasteiger partial charge in [0.2, 0.25) is 11.8 Å². The number of amides is 2. The SMILES string of the molecule is Cc1ccc(C)c(CN2C(=O)[C@@H]([C@H](C)C(=O)NCCC3=CCCCC3)Sc3ccccc32)c1. The molecular formula is C28H34N2O2S.